The molecule has 0 aliphatic carbocycles. The molecule has 0 aromatic rings. The zero-order chi connectivity index (χ0) is 35.6. The highest BCUT2D eigenvalue weighted by Crippen LogP contribution is 2.33. The molecule has 2 fully saturated rings. The van der Waals surface area contributed by atoms with Crippen molar-refractivity contribution in [3.05, 3.63) is 0 Å². The van der Waals surface area contributed by atoms with E-state index in [0.29, 0.717) is 0 Å². The fourth-order valence-corrected chi connectivity index (χ4v) is 4.76. The van der Waals surface area contributed by atoms with Gasteiger partial charge in [-0.1, -0.05) is 0 Å². The van der Waals surface area contributed by atoms with Crippen molar-refractivity contribution in [1.82, 2.24) is 0 Å². The lowest BCUT2D eigenvalue weighted by Crippen LogP contribution is -2.65. The quantitative estimate of drug-likeness (QED) is 0.181. The molecule has 0 bridgehead atoms. The third-order valence-electron chi connectivity index (χ3n) is 6.15. The summed E-state index contributed by atoms with van der Waals surface area (Å²) in [6.45, 7) is 7.09. The lowest BCUT2D eigenvalue weighted by atomic mass is 9.97. The van der Waals surface area contributed by atoms with E-state index in [0.717, 1.165) is 55.4 Å². The highest BCUT2D eigenvalue weighted by molar-refractivity contribution is 5.70. The van der Waals surface area contributed by atoms with Crippen LogP contribution in [0.1, 0.15) is 55.4 Å². The van der Waals surface area contributed by atoms with Gasteiger partial charge in [0.15, 0.2) is 36.8 Å². The molecule has 10 atom stereocenters. The smallest absolute Gasteiger partial charge is 0.305 e. The Bertz CT molecular complexity index is 1200. The van der Waals surface area contributed by atoms with Crippen LogP contribution in [-0.4, -0.2) is 122 Å². The third kappa shape index (κ3) is 12.1. The first-order chi connectivity index (χ1) is 21.9. The Kier molecular flexibility index (Phi) is 14.5. The van der Waals surface area contributed by atoms with Crippen LogP contribution in [0.3, 0.4) is 0 Å². The Labute approximate surface area is 268 Å². The second-order valence-corrected chi connectivity index (χ2v) is 10.3. The second kappa shape index (κ2) is 17.5. The van der Waals surface area contributed by atoms with Gasteiger partial charge in [0.1, 0.15) is 18.8 Å². The average Bonchev–Trinajstić information content (AvgIpc) is 2.91. The van der Waals surface area contributed by atoms with Gasteiger partial charge < -0.3 is 52.1 Å². The fraction of sp³-hybridized carbons (Fsp3) is 0.714. The molecule has 264 valence electrons. The molecule has 2 aliphatic heterocycles. The summed E-state index contributed by atoms with van der Waals surface area (Å²) in [5.41, 5.74) is 0. The number of rotatable bonds is 12. The topological polar surface area (TPSA) is 238 Å². The maximum absolute atomic E-state index is 12.1. The molecular weight excluding hydrogens is 640 g/mol. The van der Waals surface area contributed by atoms with E-state index in [1.807, 2.05) is 0 Å². The van der Waals surface area contributed by atoms with Crippen molar-refractivity contribution in [2.75, 3.05) is 13.2 Å². The maximum Gasteiger partial charge on any atom is 0.305 e. The van der Waals surface area contributed by atoms with Gasteiger partial charge in [-0.25, -0.2) is 0 Å². The molecule has 0 amide bonds. The van der Waals surface area contributed by atoms with Gasteiger partial charge >= 0.3 is 47.8 Å². The van der Waals surface area contributed by atoms with Crippen LogP contribution in [0.5, 0.6) is 0 Å². The summed E-state index contributed by atoms with van der Waals surface area (Å²) in [7, 11) is 0. The normalized spacial score (nSPS) is 30.0. The van der Waals surface area contributed by atoms with Crippen molar-refractivity contribution in [2.24, 2.45) is 0 Å². The summed E-state index contributed by atoms with van der Waals surface area (Å²) in [5, 5.41) is 0. The van der Waals surface area contributed by atoms with E-state index in [9.17, 15) is 38.4 Å². The largest absolute Gasteiger partial charge is 0.463 e. The van der Waals surface area contributed by atoms with Crippen LogP contribution < -0.4 is 0 Å². The SMILES string of the molecule is CC(=O)OC[C@@H]1O[C@H](OC[C@H]2O[C@@H](OC(C)=O)[C@H](OC(C)=O)[C@@H](OC(C)=O)[C@@H]2OC(C)=O)[C@@H](OC(C)=O)[C@H](OC(C)=O)[C@H]1OC(C)=O. The number of esters is 8. The summed E-state index contributed by atoms with van der Waals surface area (Å²) in [6.07, 6.45) is -15.6. The first-order valence-corrected chi connectivity index (χ1v) is 14.2. The highest BCUT2D eigenvalue weighted by atomic mass is 16.8. The Morgan fingerprint density at radius 3 is 1.09 bits per heavy atom. The van der Waals surface area contributed by atoms with Crippen LogP contribution >= 0.6 is 0 Å². The Morgan fingerprint density at radius 2 is 0.702 bits per heavy atom. The molecule has 0 spiro atoms. The monoisotopic (exact) mass is 678 g/mol. The van der Waals surface area contributed by atoms with E-state index >= 15 is 0 Å². The van der Waals surface area contributed by atoms with Gasteiger partial charge in [-0.15, -0.1) is 0 Å². The lowest BCUT2D eigenvalue weighted by Gasteiger charge is -2.46. The number of hydrogen-bond acceptors (Lipinski definition) is 19. The Balaban J connectivity index is 2.56. The molecular formula is C28H38O19. The van der Waals surface area contributed by atoms with E-state index in [4.69, 9.17) is 52.1 Å². The predicted octanol–water partition coefficient (Wildman–Crippen LogP) is -0.831. The minimum atomic E-state index is -1.71. The average molecular weight is 679 g/mol. The molecule has 0 radical (unpaired) electrons. The predicted molar refractivity (Wildman–Crippen MR) is 145 cm³/mol. The standard InChI is InChI=1S/C28H38O19/c1-11(29)37-9-19-21(39-12(2)30)23(41-14(4)32)25(43-16(6)34)27(46-19)38-10-20-22(40-13(3)31)24(42-15(5)33)26(44-17(7)35)28(47-20)45-18(8)36/h19-28H,9-10H2,1-8H3/t19-,20+,21-,22+,23+,24-,25-,26+,27-,28+/m0/s1. The summed E-state index contributed by atoms with van der Waals surface area (Å²) >= 11 is 0. The first-order valence-electron chi connectivity index (χ1n) is 14.2. The van der Waals surface area contributed by atoms with Crippen molar-refractivity contribution in [2.45, 2.75) is 117 Å². The van der Waals surface area contributed by atoms with Crippen LogP contribution in [0, 0.1) is 0 Å². The van der Waals surface area contributed by atoms with E-state index < -0.39 is 122 Å². The molecule has 0 saturated carbocycles. The minimum Gasteiger partial charge on any atom is -0.463 e. The van der Waals surface area contributed by atoms with Crippen molar-refractivity contribution in [1.29, 1.82) is 0 Å². The minimum absolute atomic E-state index is 0.541. The van der Waals surface area contributed by atoms with Gasteiger partial charge in [-0.3, -0.25) is 38.4 Å². The van der Waals surface area contributed by atoms with Crippen molar-refractivity contribution in [3.8, 4) is 0 Å². The van der Waals surface area contributed by atoms with Gasteiger partial charge in [-0.2, -0.15) is 0 Å². The van der Waals surface area contributed by atoms with E-state index in [1.165, 1.54) is 0 Å². The summed E-state index contributed by atoms with van der Waals surface area (Å²) in [5.74, 6) is -6.93. The summed E-state index contributed by atoms with van der Waals surface area (Å²) in [6, 6.07) is 0. The molecule has 0 N–H and O–H groups in total. The molecule has 0 aromatic carbocycles. The number of ether oxygens (including phenoxy) is 11. The summed E-state index contributed by atoms with van der Waals surface area (Å²) in [4.78, 5) is 95.9. The molecule has 2 rings (SSSR count). The summed E-state index contributed by atoms with van der Waals surface area (Å²) < 4.78 is 59.8. The Hall–Kier alpha value is -4.36. The number of carbonyl (C=O) groups is 8. The van der Waals surface area contributed by atoms with Crippen molar-refractivity contribution >= 4 is 47.8 Å². The molecule has 19 heteroatoms. The van der Waals surface area contributed by atoms with E-state index in [2.05, 4.69) is 0 Å². The lowest BCUT2D eigenvalue weighted by molar-refractivity contribution is -0.331. The van der Waals surface area contributed by atoms with Crippen LogP contribution in [-0.2, 0) is 90.5 Å². The molecule has 2 saturated heterocycles. The van der Waals surface area contributed by atoms with Gasteiger partial charge in [0.25, 0.3) is 0 Å². The van der Waals surface area contributed by atoms with Crippen LogP contribution in [0.2, 0.25) is 0 Å². The highest BCUT2D eigenvalue weighted by Gasteiger charge is 2.56. The molecule has 19 nitrogen and oxygen atoms in total. The maximum atomic E-state index is 12.1. The van der Waals surface area contributed by atoms with Gasteiger partial charge in [0, 0.05) is 55.4 Å². The van der Waals surface area contributed by atoms with Gasteiger partial charge in [0.05, 0.1) is 6.61 Å². The molecule has 0 aromatic heterocycles. The first kappa shape index (κ1) is 38.8. The fourth-order valence-electron chi connectivity index (χ4n) is 4.76. The zero-order valence-electron chi connectivity index (χ0n) is 26.9. The second-order valence-electron chi connectivity index (χ2n) is 10.3. The molecule has 2 heterocycles. The number of carbonyl (C=O) groups excluding carboxylic acids is 8. The molecule has 47 heavy (non-hydrogen) atoms. The number of hydrogen-bond donors (Lipinski definition) is 0. The third-order valence-corrected chi connectivity index (χ3v) is 6.15. The van der Waals surface area contributed by atoms with Crippen LogP contribution in [0.15, 0.2) is 0 Å². The van der Waals surface area contributed by atoms with E-state index in [1.54, 1.807) is 0 Å². The van der Waals surface area contributed by atoms with Gasteiger partial charge in [0.2, 0.25) is 12.4 Å². The Morgan fingerprint density at radius 1 is 0.383 bits per heavy atom. The van der Waals surface area contributed by atoms with E-state index in [-0.39, 0.29) is 0 Å². The molecule has 0 unspecified atom stereocenters. The van der Waals surface area contributed by atoms with Crippen molar-refractivity contribution < 1.29 is 90.5 Å². The zero-order valence-corrected chi connectivity index (χ0v) is 26.9. The van der Waals surface area contributed by atoms with Crippen LogP contribution in [0.4, 0.5) is 0 Å². The van der Waals surface area contributed by atoms with Gasteiger partial charge in [-0.05, 0) is 0 Å². The molecule has 2 aliphatic rings. The van der Waals surface area contributed by atoms with Crippen molar-refractivity contribution in [3.63, 3.8) is 0 Å². The van der Waals surface area contributed by atoms with Crippen LogP contribution in [0.25, 0.3) is 0 Å².